The Morgan fingerprint density at radius 3 is 2.35 bits per heavy atom. The maximum atomic E-state index is 5.45. The first kappa shape index (κ1) is 13.6. The summed E-state index contributed by atoms with van der Waals surface area (Å²) >= 11 is 0. The van der Waals surface area contributed by atoms with Gasteiger partial charge in [0.15, 0.2) is 0 Å². The molecule has 0 radical (unpaired) electrons. The van der Waals surface area contributed by atoms with E-state index in [1.807, 2.05) is 24.5 Å². The number of benzene rings is 1. The zero-order valence-corrected chi connectivity index (χ0v) is 10.6. The monoisotopic (exact) mass is 249 g/mol. The van der Waals surface area contributed by atoms with Crippen molar-refractivity contribution >= 4 is 12.4 Å². The van der Waals surface area contributed by atoms with Crippen LogP contribution in [0.2, 0.25) is 0 Å². The zero-order valence-electron chi connectivity index (χ0n) is 9.76. The molecule has 17 heavy (non-hydrogen) atoms. The Kier molecular flexibility index (Phi) is 5.07. The van der Waals surface area contributed by atoms with Crippen LogP contribution in [0.15, 0.2) is 36.7 Å². The molecule has 0 aliphatic carbocycles. The molecule has 0 amide bonds. The molecule has 3 nitrogen and oxygen atoms in total. The van der Waals surface area contributed by atoms with Crippen LogP contribution in [0.5, 0.6) is 0 Å². The number of hydrogen-bond acceptors (Lipinski definition) is 3. The van der Waals surface area contributed by atoms with Crippen LogP contribution in [0.1, 0.15) is 11.4 Å². The van der Waals surface area contributed by atoms with E-state index in [0.717, 1.165) is 17.8 Å². The third-order valence-electron chi connectivity index (χ3n) is 2.53. The van der Waals surface area contributed by atoms with Crippen LogP contribution in [-0.2, 0) is 6.42 Å². The Morgan fingerprint density at radius 2 is 1.76 bits per heavy atom. The lowest BCUT2D eigenvalue weighted by Crippen LogP contribution is -2.06. The van der Waals surface area contributed by atoms with Crippen LogP contribution in [0.4, 0.5) is 0 Å². The van der Waals surface area contributed by atoms with E-state index in [9.17, 15) is 0 Å². The second-order valence-corrected chi connectivity index (χ2v) is 3.74. The predicted octanol–water partition coefficient (Wildman–Crippen LogP) is 2.38. The molecule has 0 spiro atoms. The molecule has 0 bridgehead atoms. The van der Waals surface area contributed by atoms with Gasteiger partial charge in [0.05, 0.1) is 0 Å². The van der Waals surface area contributed by atoms with Gasteiger partial charge in [-0.3, -0.25) is 0 Å². The average molecular weight is 250 g/mol. The number of aromatic nitrogens is 2. The van der Waals surface area contributed by atoms with E-state index >= 15 is 0 Å². The first-order valence-corrected chi connectivity index (χ1v) is 5.38. The van der Waals surface area contributed by atoms with Crippen LogP contribution in [0.3, 0.4) is 0 Å². The van der Waals surface area contributed by atoms with Gasteiger partial charge in [-0.05, 0) is 24.6 Å². The number of nitrogens with two attached hydrogens (primary N) is 1. The van der Waals surface area contributed by atoms with Gasteiger partial charge in [0.2, 0.25) is 0 Å². The minimum absolute atomic E-state index is 0. The summed E-state index contributed by atoms with van der Waals surface area (Å²) in [6.45, 7) is 2.67. The van der Waals surface area contributed by atoms with Crippen molar-refractivity contribution in [1.29, 1.82) is 0 Å². The molecule has 2 aromatic rings. The minimum atomic E-state index is 0. The van der Waals surface area contributed by atoms with E-state index in [0.29, 0.717) is 6.54 Å². The number of hydrogen-bond donors (Lipinski definition) is 1. The first-order chi connectivity index (χ1) is 7.81. The van der Waals surface area contributed by atoms with Crippen molar-refractivity contribution in [3.8, 4) is 11.1 Å². The first-order valence-electron chi connectivity index (χ1n) is 5.38. The summed E-state index contributed by atoms with van der Waals surface area (Å²) in [5.41, 5.74) is 8.92. The topological polar surface area (TPSA) is 51.8 Å². The van der Waals surface area contributed by atoms with Gasteiger partial charge in [-0.2, -0.15) is 0 Å². The molecule has 4 heteroatoms. The van der Waals surface area contributed by atoms with E-state index in [4.69, 9.17) is 5.73 Å². The van der Waals surface area contributed by atoms with Gasteiger partial charge in [-0.15, -0.1) is 12.4 Å². The van der Waals surface area contributed by atoms with Gasteiger partial charge in [0.25, 0.3) is 0 Å². The molecule has 0 aliphatic rings. The normalized spacial score (nSPS) is 9.76. The molecule has 2 N–H and O–H groups in total. The molecule has 0 atom stereocenters. The second-order valence-electron chi connectivity index (χ2n) is 3.74. The fourth-order valence-electron chi connectivity index (χ4n) is 1.65. The number of rotatable bonds is 3. The Balaban J connectivity index is 0.00000144. The highest BCUT2D eigenvalue weighted by atomic mass is 35.5. The zero-order chi connectivity index (χ0) is 11.4. The standard InChI is InChI=1S/C13H15N3.ClH/c1-10-4-2-3-5-12(10)11-8-15-13(6-7-14)16-9-11;/h2-5,8-9H,6-7,14H2,1H3;1H. The lowest BCUT2D eigenvalue weighted by molar-refractivity contribution is 0.868. The van der Waals surface area contributed by atoms with Gasteiger partial charge in [0.1, 0.15) is 5.82 Å². The predicted molar refractivity (Wildman–Crippen MR) is 72.2 cm³/mol. The van der Waals surface area contributed by atoms with Crippen molar-refractivity contribution in [3.05, 3.63) is 48.0 Å². The van der Waals surface area contributed by atoms with Gasteiger partial charge in [-0.25, -0.2) is 9.97 Å². The molecule has 1 aromatic carbocycles. The maximum absolute atomic E-state index is 5.45. The van der Waals surface area contributed by atoms with Crippen molar-refractivity contribution in [3.63, 3.8) is 0 Å². The van der Waals surface area contributed by atoms with E-state index < -0.39 is 0 Å². The van der Waals surface area contributed by atoms with Gasteiger partial charge in [0, 0.05) is 24.4 Å². The van der Waals surface area contributed by atoms with Gasteiger partial charge >= 0.3 is 0 Å². The molecule has 0 aliphatic heterocycles. The lowest BCUT2D eigenvalue weighted by atomic mass is 10.0. The van der Waals surface area contributed by atoms with Crippen molar-refractivity contribution in [2.75, 3.05) is 6.54 Å². The van der Waals surface area contributed by atoms with Crippen LogP contribution in [-0.4, -0.2) is 16.5 Å². The highest BCUT2D eigenvalue weighted by Gasteiger charge is 2.02. The van der Waals surface area contributed by atoms with E-state index in [2.05, 4.69) is 29.0 Å². The van der Waals surface area contributed by atoms with Crippen molar-refractivity contribution in [2.45, 2.75) is 13.3 Å². The van der Waals surface area contributed by atoms with Gasteiger partial charge in [-0.1, -0.05) is 24.3 Å². The number of nitrogens with zero attached hydrogens (tertiary/aromatic N) is 2. The van der Waals surface area contributed by atoms with Crippen molar-refractivity contribution in [2.24, 2.45) is 5.73 Å². The summed E-state index contributed by atoms with van der Waals surface area (Å²) in [5.74, 6) is 0.805. The molecular formula is C13H16ClN3. The highest BCUT2D eigenvalue weighted by molar-refractivity contribution is 5.85. The SMILES string of the molecule is Cc1ccccc1-c1cnc(CCN)nc1.Cl. The number of aryl methyl sites for hydroxylation is 1. The molecule has 1 aromatic heterocycles. The molecule has 0 saturated heterocycles. The lowest BCUT2D eigenvalue weighted by Gasteiger charge is -2.05. The number of halogens is 1. The molecule has 90 valence electrons. The van der Waals surface area contributed by atoms with Crippen LogP contribution >= 0.6 is 12.4 Å². The van der Waals surface area contributed by atoms with Crippen LogP contribution < -0.4 is 5.73 Å². The Hall–Kier alpha value is -1.45. The fraction of sp³-hybridized carbons (Fsp3) is 0.231. The van der Waals surface area contributed by atoms with E-state index in [1.165, 1.54) is 11.1 Å². The molecule has 1 heterocycles. The van der Waals surface area contributed by atoms with E-state index in [-0.39, 0.29) is 12.4 Å². The summed E-state index contributed by atoms with van der Waals surface area (Å²) in [5, 5.41) is 0. The molecule has 0 fully saturated rings. The van der Waals surface area contributed by atoms with Crippen LogP contribution in [0, 0.1) is 6.92 Å². The Bertz CT molecular complexity index is 468. The average Bonchev–Trinajstić information content (AvgIpc) is 2.31. The van der Waals surface area contributed by atoms with Crippen molar-refractivity contribution < 1.29 is 0 Å². The second kappa shape index (κ2) is 6.33. The molecule has 0 saturated carbocycles. The third-order valence-corrected chi connectivity index (χ3v) is 2.53. The molecule has 0 unspecified atom stereocenters. The quantitative estimate of drug-likeness (QED) is 0.909. The molecular weight excluding hydrogens is 234 g/mol. The smallest absolute Gasteiger partial charge is 0.129 e. The summed E-state index contributed by atoms with van der Waals surface area (Å²) in [6, 6.07) is 8.22. The Labute approximate surface area is 108 Å². The minimum Gasteiger partial charge on any atom is -0.330 e. The van der Waals surface area contributed by atoms with Crippen LogP contribution in [0.25, 0.3) is 11.1 Å². The van der Waals surface area contributed by atoms with Gasteiger partial charge < -0.3 is 5.73 Å². The Morgan fingerprint density at radius 1 is 1.12 bits per heavy atom. The largest absolute Gasteiger partial charge is 0.330 e. The summed E-state index contributed by atoms with van der Waals surface area (Å²) < 4.78 is 0. The highest BCUT2D eigenvalue weighted by Crippen LogP contribution is 2.21. The fourth-order valence-corrected chi connectivity index (χ4v) is 1.65. The summed E-state index contributed by atoms with van der Waals surface area (Å²) in [6.07, 6.45) is 4.45. The third kappa shape index (κ3) is 3.25. The summed E-state index contributed by atoms with van der Waals surface area (Å²) in [7, 11) is 0. The van der Waals surface area contributed by atoms with Crippen molar-refractivity contribution in [1.82, 2.24) is 9.97 Å². The summed E-state index contributed by atoms with van der Waals surface area (Å²) in [4.78, 5) is 8.59. The van der Waals surface area contributed by atoms with E-state index in [1.54, 1.807) is 0 Å². The molecule has 2 rings (SSSR count). The maximum Gasteiger partial charge on any atom is 0.129 e.